The van der Waals surface area contributed by atoms with Crippen LogP contribution in [0.25, 0.3) is 0 Å². The van der Waals surface area contributed by atoms with Gasteiger partial charge in [-0.2, -0.15) is 0 Å². The minimum atomic E-state index is -0.239. The van der Waals surface area contributed by atoms with Crippen molar-refractivity contribution in [2.45, 2.75) is 39.5 Å². The molecule has 1 atom stereocenters. The quantitative estimate of drug-likeness (QED) is 0.651. The van der Waals surface area contributed by atoms with Crippen LogP contribution in [-0.4, -0.2) is 30.2 Å². The van der Waals surface area contributed by atoms with Gasteiger partial charge in [0.2, 0.25) is 5.91 Å². The van der Waals surface area contributed by atoms with Crippen molar-refractivity contribution < 1.29 is 9.59 Å². The van der Waals surface area contributed by atoms with Crippen LogP contribution in [0.3, 0.4) is 0 Å². The molecule has 0 saturated carbocycles. The highest BCUT2D eigenvalue weighted by Gasteiger charge is 2.06. The van der Waals surface area contributed by atoms with Gasteiger partial charge in [0.05, 0.1) is 5.75 Å². The summed E-state index contributed by atoms with van der Waals surface area (Å²) in [5.74, 6) is 0.963. The van der Waals surface area contributed by atoms with Crippen molar-refractivity contribution in [3.63, 3.8) is 0 Å². The summed E-state index contributed by atoms with van der Waals surface area (Å²) < 4.78 is 0. The van der Waals surface area contributed by atoms with E-state index in [2.05, 4.69) is 5.32 Å². The molecule has 3 nitrogen and oxygen atoms in total. The first-order valence-corrected chi connectivity index (χ1v) is 8.75. The van der Waals surface area contributed by atoms with E-state index in [1.165, 1.54) is 0 Å². The van der Waals surface area contributed by atoms with E-state index in [0.717, 1.165) is 19.3 Å². The van der Waals surface area contributed by atoms with Crippen LogP contribution < -0.4 is 5.32 Å². The van der Waals surface area contributed by atoms with E-state index in [1.807, 2.05) is 20.1 Å². The second kappa shape index (κ2) is 9.71. The van der Waals surface area contributed by atoms with E-state index >= 15 is 0 Å². The SMILES string of the molecule is CC(C)C(=O)CCCCCNC(=O)CS(C)=S. The van der Waals surface area contributed by atoms with Crippen LogP contribution in [0.4, 0.5) is 0 Å². The third-order valence-electron chi connectivity index (χ3n) is 2.40. The highest BCUT2D eigenvalue weighted by molar-refractivity contribution is 8.28. The Bertz CT molecular complexity index is 278. The van der Waals surface area contributed by atoms with Crippen molar-refractivity contribution in [2.75, 3.05) is 18.6 Å². The fourth-order valence-corrected chi connectivity index (χ4v) is 2.15. The van der Waals surface area contributed by atoms with Gasteiger partial charge in [-0.3, -0.25) is 9.59 Å². The second-order valence-corrected chi connectivity index (χ2v) is 7.64. The molecule has 0 fully saturated rings. The van der Waals surface area contributed by atoms with Crippen molar-refractivity contribution in [1.82, 2.24) is 5.32 Å². The van der Waals surface area contributed by atoms with Crippen molar-refractivity contribution in [3.05, 3.63) is 0 Å². The average Bonchev–Trinajstić information content (AvgIpc) is 2.21. The topological polar surface area (TPSA) is 46.2 Å². The number of amides is 1. The molecule has 0 aliphatic rings. The minimum absolute atomic E-state index is 0.0455. The third-order valence-corrected chi connectivity index (χ3v) is 3.42. The first-order valence-electron chi connectivity index (χ1n) is 6.03. The lowest BCUT2D eigenvalue weighted by molar-refractivity contribution is -0.122. The number of ketones is 1. The fourth-order valence-electron chi connectivity index (χ4n) is 1.35. The lowest BCUT2D eigenvalue weighted by Gasteiger charge is -2.05. The molecular weight excluding hydrogens is 254 g/mol. The van der Waals surface area contributed by atoms with Gasteiger partial charge in [-0.15, -0.1) is 9.45 Å². The molecule has 1 unspecified atom stereocenters. The van der Waals surface area contributed by atoms with Gasteiger partial charge in [0.15, 0.2) is 0 Å². The van der Waals surface area contributed by atoms with Gasteiger partial charge in [0, 0.05) is 18.9 Å². The molecule has 0 radical (unpaired) electrons. The maximum atomic E-state index is 11.3. The number of hydrogen-bond donors (Lipinski definition) is 1. The second-order valence-electron chi connectivity index (χ2n) is 4.50. The summed E-state index contributed by atoms with van der Waals surface area (Å²) in [4.78, 5) is 22.6. The van der Waals surface area contributed by atoms with Crippen LogP contribution in [0.2, 0.25) is 0 Å². The molecule has 5 heteroatoms. The molecule has 1 N–H and O–H groups in total. The molecule has 0 heterocycles. The molecular formula is C12H23NO2S2. The van der Waals surface area contributed by atoms with Gasteiger partial charge < -0.3 is 5.32 Å². The van der Waals surface area contributed by atoms with Crippen molar-refractivity contribution >= 4 is 32.3 Å². The molecule has 0 aliphatic heterocycles. The normalized spacial score (nSPS) is 12.5. The number of Topliss-reactive ketones (excluding diaryl/α,β-unsaturated/α-hetero) is 1. The van der Waals surface area contributed by atoms with E-state index in [1.54, 1.807) is 0 Å². The predicted molar refractivity (Wildman–Crippen MR) is 76.8 cm³/mol. The minimum Gasteiger partial charge on any atom is -0.355 e. The van der Waals surface area contributed by atoms with E-state index in [0.29, 0.717) is 24.5 Å². The van der Waals surface area contributed by atoms with Gasteiger partial charge >= 0.3 is 0 Å². The Morgan fingerprint density at radius 1 is 1.24 bits per heavy atom. The molecule has 0 rings (SSSR count). The lowest BCUT2D eigenvalue weighted by atomic mass is 10.0. The van der Waals surface area contributed by atoms with Crippen molar-refractivity contribution in [2.24, 2.45) is 5.92 Å². The summed E-state index contributed by atoms with van der Waals surface area (Å²) in [6.07, 6.45) is 5.39. The third kappa shape index (κ3) is 10.6. The zero-order valence-electron chi connectivity index (χ0n) is 11.0. The molecule has 0 aromatic rings. The Hall–Kier alpha value is -0.290. The molecule has 0 aromatic heterocycles. The smallest absolute Gasteiger partial charge is 0.230 e. The highest BCUT2D eigenvalue weighted by atomic mass is 32.8. The van der Waals surface area contributed by atoms with E-state index in [4.69, 9.17) is 11.2 Å². The Morgan fingerprint density at radius 3 is 2.41 bits per heavy atom. The highest BCUT2D eigenvalue weighted by Crippen LogP contribution is 2.05. The van der Waals surface area contributed by atoms with Crippen LogP contribution in [0, 0.1) is 5.92 Å². The summed E-state index contributed by atoms with van der Waals surface area (Å²) in [5, 5.41) is 2.84. The van der Waals surface area contributed by atoms with Gasteiger partial charge in [-0.25, -0.2) is 0 Å². The molecule has 17 heavy (non-hydrogen) atoms. The largest absolute Gasteiger partial charge is 0.355 e. The summed E-state index contributed by atoms with van der Waals surface area (Å²) >= 11 is 4.96. The first-order chi connectivity index (χ1) is 7.93. The van der Waals surface area contributed by atoms with Crippen molar-refractivity contribution in [3.8, 4) is 0 Å². The lowest BCUT2D eigenvalue weighted by Crippen LogP contribution is -2.28. The van der Waals surface area contributed by atoms with E-state index in [9.17, 15) is 9.59 Å². The van der Waals surface area contributed by atoms with Crippen LogP contribution in [0.1, 0.15) is 39.5 Å². The van der Waals surface area contributed by atoms with Gasteiger partial charge in [-0.05, 0) is 19.1 Å². The Kier molecular flexibility index (Phi) is 9.55. The number of carbonyl (C=O) groups excluding carboxylic acids is 2. The first kappa shape index (κ1) is 16.7. The Balaban J connectivity index is 3.38. The van der Waals surface area contributed by atoms with Crippen LogP contribution in [-0.2, 0) is 30.2 Å². The number of nitrogens with one attached hydrogen (secondary N) is 1. The monoisotopic (exact) mass is 277 g/mol. The van der Waals surface area contributed by atoms with E-state index in [-0.39, 0.29) is 21.3 Å². The molecule has 0 aromatic carbocycles. The zero-order valence-corrected chi connectivity index (χ0v) is 12.6. The molecule has 0 bridgehead atoms. The molecule has 0 saturated heterocycles. The summed E-state index contributed by atoms with van der Waals surface area (Å²) in [6, 6.07) is 0. The predicted octanol–water partition coefficient (Wildman–Crippen LogP) is 1.60. The fraction of sp³-hybridized carbons (Fsp3) is 0.833. The summed E-state index contributed by atoms with van der Waals surface area (Å²) in [6.45, 7) is 4.56. The number of rotatable bonds is 9. The maximum Gasteiger partial charge on any atom is 0.230 e. The maximum absolute atomic E-state index is 11.3. The standard InChI is InChI=1S/C12H23NO2S2/c1-10(2)11(14)7-5-4-6-8-13-12(15)9-17(3)16/h10H,4-9H2,1-3H3,(H,13,15). The number of hydrogen-bond acceptors (Lipinski definition) is 3. The van der Waals surface area contributed by atoms with Crippen LogP contribution in [0.15, 0.2) is 0 Å². The molecule has 100 valence electrons. The Labute approximate surface area is 111 Å². The Morgan fingerprint density at radius 2 is 1.88 bits per heavy atom. The summed E-state index contributed by atoms with van der Waals surface area (Å²) in [7, 11) is -0.239. The van der Waals surface area contributed by atoms with E-state index < -0.39 is 0 Å². The van der Waals surface area contributed by atoms with Gasteiger partial charge in [0.1, 0.15) is 5.78 Å². The number of unbranched alkanes of at least 4 members (excludes halogenated alkanes) is 2. The van der Waals surface area contributed by atoms with Gasteiger partial charge in [-0.1, -0.05) is 31.5 Å². The number of carbonyl (C=O) groups is 2. The van der Waals surface area contributed by atoms with Crippen LogP contribution >= 0.6 is 0 Å². The molecule has 0 aliphatic carbocycles. The average molecular weight is 277 g/mol. The van der Waals surface area contributed by atoms with Gasteiger partial charge in [0.25, 0.3) is 0 Å². The molecule has 0 spiro atoms. The van der Waals surface area contributed by atoms with Crippen molar-refractivity contribution in [1.29, 1.82) is 0 Å². The van der Waals surface area contributed by atoms with Crippen LogP contribution in [0.5, 0.6) is 0 Å². The summed E-state index contributed by atoms with van der Waals surface area (Å²) in [5.41, 5.74) is 0. The molecule has 1 amide bonds. The zero-order chi connectivity index (χ0) is 13.3.